The Morgan fingerprint density at radius 1 is 0.396 bits per heavy atom. The Bertz CT molecular complexity index is 3880. The van der Waals surface area contributed by atoms with Gasteiger partial charge < -0.3 is 133 Å². The van der Waals surface area contributed by atoms with Gasteiger partial charge in [0.2, 0.25) is 35.4 Å². The summed E-state index contributed by atoms with van der Waals surface area (Å²) in [5.41, 5.74) is -0.200. The van der Waals surface area contributed by atoms with Crippen LogP contribution in [0.15, 0.2) is 18.2 Å². The second-order valence-corrected chi connectivity index (χ2v) is 35.1. The molecule has 16 unspecified atom stereocenters. The van der Waals surface area contributed by atoms with E-state index in [9.17, 15) is 91.0 Å². The molecule has 139 heavy (non-hydrogen) atoms. The van der Waals surface area contributed by atoms with Crippen LogP contribution in [-0.4, -0.2) is 329 Å². The fourth-order valence-electron chi connectivity index (χ4n) is 15.3. The number of benzene rings is 1. The van der Waals surface area contributed by atoms with Gasteiger partial charge in [-0.15, -0.1) is 0 Å². The number of esters is 9. The lowest BCUT2D eigenvalue weighted by Gasteiger charge is -2.44. The normalized spacial score (nSPS) is 22.3. The van der Waals surface area contributed by atoms with Crippen LogP contribution in [0.5, 0.6) is 0 Å². The zero-order valence-corrected chi connectivity index (χ0v) is 82.5. The fourth-order valence-corrected chi connectivity index (χ4v) is 15.8. The molecule has 786 valence electrons. The fraction of sp³-hybridized carbons (Fsp3) is 0.744. The minimum absolute atomic E-state index is 0.0168. The quantitative estimate of drug-likeness (QED) is 0.0196. The van der Waals surface area contributed by atoms with Gasteiger partial charge in [-0.2, -0.15) is 0 Å². The van der Waals surface area contributed by atoms with Gasteiger partial charge in [-0.25, -0.2) is 9.36 Å². The van der Waals surface area contributed by atoms with Gasteiger partial charge >= 0.3 is 67.6 Å². The van der Waals surface area contributed by atoms with E-state index in [4.69, 9.17) is 89.8 Å². The molecule has 1 aromatic rings. The Morgan fingerprint density at radius 3 is 1.01 bits per heavy atom. The molecule has 3 fully saturated rings. The molecule has 49 heteroatoms. The van der Waals surface area contributed by atoms with E-state index in [-0.39, 0.29) is 141 Å². The van der Waals surface area contributed by atoms with Crippen LogP contribution in [0.25, 0.3) is 0 Å². The molecule has 0 spiro atoms. The average molecular weight is 2010 g/mol. The molecule has 16 atom stereocenters. The number of amides is 9. The van der Waals surface area contributed by atoms with Crippen LogP contribution in [-0.2, 0) is 177 Å². The van der Waals surface area contributed by atoms with Gasteiger partial charge in [0.15, 0.2) is 55.5 Å². The van der Waals surface area contributed by atoms with E-state index in [2.05, 4.69) is 47.1 Å². The second kappa shape index (κ2) is 64.2. The van der Waals surface area contributed by atoms with Crippen molar-refractivity contribution in [2.45, 2.75) is 309 Å². The molecule has 0 saturated carbocycles. The molecular formula is C90H142N9O39P. The summed E-state index contributed by atoms with van der Waals surface area (Å²) < 4.78 is 125. The number of nitrogens with one attached hydrogen (secondary N) is 8. The van der Waals surface area contributed by atoms with Gasteiger partial charge in [0, 0.05) is 173 Å². The van der Waals surface area contributed by atoms with E-state index < -0.39 is 202 Å². The zero-order chi connectivity index (χ0) is 103. The van der Waals surface area contributed by atoms with Gasteiger partial charge in [0.05, 0.1) is 46.2 Å². The standard InChI is InChI=1S/C90H142N9O39P/c1-55(100)95-76-82(133-64(10)109)79(130-61(7)106)70(49-126-58(4)103)136-86(76)123-41-26-18-14-22-36-91-73(112)33-45-120-52-90(98-85(115)68-30-31-69-67(48-68)32-40-99(69)89(116)94-39-25-17-21-29-44-129-139(117,118)119-13,53-121-46-34-74(113)92-37-23-15-19-27-42-124-87-77(96-56(2)101)83(134-65(11)110)80(131-62(8)107)71(137-87)50-127-59(5)104)54-122-47-35-75(114)93-38-24-16-20-28-43-125-88-78(97-57(3)102)84(135-66(12)111)81(132-63(9)108)72(138-88)51-128-60(6)105/h30-31,48,70-72,76-84,86-88H,14-29,32-47,49-54H2,1-13H3,(H,91,112)(H,92,113)(H,93,114)(H,94,116)(H,95,100)(H,96,101)(H,97,102)(H,98,115)(H,117,118). The third-order valence-electron chi connectivity index (χ3n) is 21.5. The van der Waals surface area contributed by atoms with E-state index in [0.717, 1.165) is 69.4 Å². The van der Waals surface area contributed by atoms with Crippen molar-refractivity contribution in [3.05, 3.63) is 29.3 Å². The number of ether oxygens (including phenoxy) is 18. The summed E-state index contributed by atoms with van der Waals surface area (Å²) >= 11 is 0. The Hall–Kier alpha value is -10.2. The maximum atomic E-state index is 14.9. The number of anilines is 1. The summed E-state index contributed by atoms with van der Waals surface area (Å²) in [5, 5.41) is 22.6. The van der Waals surface area contributed by atoms with Crippen LogP contribution in [0.3, 0.4) is 0 Å². The number of hydrogen-bond donors (Lipinski definition) is 9. The van der Waals surface area contributed by atoms with Crippen molar-refractivity contribution in [1.29, 1.82) is 0 Å². The van der Waals surface area contributed by atoms with E-state index >= 15 is 0 Å². The number of carbonyl (C=O) groups excluding carboxylic acids is 17. The molecule has 9 amide bonds. The first-order valence-corrected chi connectivity index (χ1v) is 48.2. The predicted molar refractivity (Wildman–Crippen MR) is 483 cm³/mol. The molecule has 4 aliphatic heterocycles. The minimum atomic E-state index is -4.10. The highest BCUT2D eigenvalue weighted by Crippen LogP contribution is 2.42. The summed E-state index contributed by atoms with van der Waals surface area (Å²) in [5.74, 6) is -10.0. The van der Waals surface area contributed by atoms with Crippen LogP contribution in [0.1, 0.15) is 221 Å². The smallest absolute Gasteiger partial charge is 0.463 e. The first-order valence-electron chi connectivity index (χ1n) is 46.7. The summed E-state index contributed by atoms with van der Waals surface area (Å²) in [6.07, 6.45) is -6.21. The van der Waals surface area contributed by atoms with Crippen molar-refractivity contribution in [2.24, 2.45) is 0 Å². The number of rotatable bonds is 65. The third-order valence-corrected chi connectivity index (χ3v) is 22.5. The number of phosphoric acid groups is 1. The molecule has 0 radical (unpaired) electrons. The Labute approximate surface area is 808 Å². The third kappa shape index (κ3) is 46.8. The highest BCUT2D eigenvalue weighted by molar-refractivity contribution is 7.47. The van der Waals surface area contributed by atoms with Gasteiger partial charge in [-0.3, -0.25) is 90.7 Å². The first-order chi connectivity index (χ1) is 66.1. The zero-order valence-electron chi connectivity index (χ0n) is 81.6. The number of carbonyl (C=O) groups is 17. The lowest BCUT2D eigenvalue weighted by Crippen LogP contribution is -2.66. The Balaban J connectivity index is 1.28. The van der Waals surface area contributed by atoms with E-state index in [1.165, 1.54) is 26.8 Å². The van der Waals surface area contributed by atoms with Crippen molar-refractivity contribution in [3.8, 4) is 0 Å². The predicted octanol–water partition coefficient (Wildman–Crippen LogP) is 2.82. The number of unbranched alkanes of at least 4 members (excludes halogenated alkanes) is 12. The van der Waals surface area contributed by atoms with Crippen LogP contribution in [0.2, 0.25) is 0 Å². The van der Waals surface area contributed by atoms with Gasteiger partial charge in [-0.1, -0.05) is 51.4 Å². The lowest BCUT2D eigenvalue weighted by molar-refractivity contribution is -0.277. The molecule has 1 aromatic carbocycles. The monoisotopic (exact) mass is 2000 g/mol. The summed E-state index contributed by atoms with van der Waals surface area (Å²) in [6, 6.07) is 1.01. The van der Waals surface area contributed by atoms with Gasteiger partial charge in [0.1, 0.15) is 61.8 Å². The number of hydrogen-bond acceptors (Lipinski definition) is 38. The van der Waals surface area contributed by atoms with Crippen LogP contribution in [0, 0.1) is 0 Å². The minimum Gasteiger partial charge on any atom is -0.463 e. The van der Waals surface area contributed by atoms with Crippen molar-refractivity contribution in [1.82, 2.24) is 42.5 Å². The summed E-state index contributed by atoms with van der Waals surface area (Å²) in [7, 11) is -3.03. The Morgan fingerprint density at radius 2 is 0.705 bits per heavy atom. The van der Waals surface area contributed by atoms with Gasteiger partial charge in [0.25, 0.3) is 5.91 Å². The van der Waals surface area contributed by atoms with Crippen LogP contribution < -0.4 is 47.4 Å². The second-order valence-electron chi connectivity index (χ2n) is 33.6. The summed E-state index contributed by atoms with van der Waals surface area (Å²) in [6.45, 7) is 12.7. The lowest BCUT2D eigenvalue weighted by atomic mass is 9.96. The molecule has 5 rings (SSSR count). The van der Waals surface area contributed by atoms with Gasteiger partial charge in [-0.05, 0) is 81.5 Å². The highest BCUT2D eigenvalue weighted by atomic mass is 31.2. The molecule has 4 aliphatic rings. The van der Waals surface area contributed by atoms with E-state index in [1.54, 1.807) is 17.0 Å². The molecule has 9 N–H and O–H groups in total. The SMILES string of the molecule is COP(=O)(O)OCCCCCCNC(=O)N1CCc2cc(C(=O)NC(COCCC(=O)NCCCCCCOC3OC(COC(C)=O)C(OC(C)=O)C(OC(C)=O)C3NC(C)=O)(COCCC(=O)NCCCCCCOC3OC(COC(C)=O)C(OC(C)=O)C(OC(C)=O)C3NC(C)=O)COCCC(=O)NCCCCCCOC3OC(COC(C)=O)C(OC(C)=O)C(OC(C)=O)C3NC(C)=O)ccc21. The summed E-state index contributed by atoms with van der Waals surface area (Å²) in [4.78, 5) is 227. The highest BCUT2D eigenvalue weighted by Gasteiger charge is 2.55. The van der Waals surface area contributed by atoms with Crippen molar-refractivity contribution in [2.75, 3.05) is 131 Å². The average Bonchev–Trinajstić information content (AvgIpc) is 1.75. The van der Waals surface area contributed by atoms with E-state index in [0.29, 0.717) is 127 Å². The largest absolute Gasteiger partial charge is 0.471 e. The topological polar surface area (TPSA) is 612 Å². The van der Waals surface area contributed by atoms with E-state index in [1.807, 2.05) is 0 Å². The number of nitrogens with zero attached hydrogens (tertiary/aromatic N) is 1. The molecule has 4 heterocycles. The molecular weight excluding hydrogens is 1860 g/mol. The van der Waals surface area contributed by atoms with Crippen LogP contribution >= 0.6 is 7.82 Å². The molecule has 0 aliphatic carbocycles. The molecule has 3 saturated heterocycles. The number of fused-ring (bicyclic) bond motifs is 1. The maximum absolute atomic E-state index is 14.9. The molecule has 0 bridgehead atoms. The van der Waals surface area contributed by atoms with Crippen LogP contribution in [0.4, 0.5) is 10.5 Å². The first kappa shape index (κ1) is 119. The Kier molecular flexibility index (Phi) is 55.1. The van der Waals surface area contributed by atoms with Crippen molar-refractivity contribution >= 4 is 115 Å². The molecule has 48 nitrogen and oxygen atoms in total. The molecule has 0 aromatic heterocycles. The van der Waals surface area contributed by atoms with Crippen molar-refractivity contribution < 1.29 is 185 Å². The van der Waals surface area contributed by atoms with Crippen molar-refractivity contribution in [3.63, 3.8) is 0 Å². The number of phosphoric ester groups is 1. The maximum Gasteiger partial charge on any atom is 0.471 e. The number of urea groups is 1.